The van der Waals surface area contributed by atoms with Crippen LogP contribution in [-0.4, -0.2) is 115 Å². The number of para-hydroxylation sites is 4. The number of amides is 2. The van der Waals surface area contributed by atoms with Gasteiger partial charge in [-0.25, -0.2) is 35.6 Å². The molecular formula is C62H64F2N10O8S2. The van der Waals surface area contributed by atoms with Crippen molar-refractivity contribution in [2.75, 3.05) is 85.3 Å². The van der Waals surface area contributed by atoms with Crippen molar-refractivity contribution in [3.05, 3.63) is 155 Å². The van der Waals surface area contributed by atoms with E-state index in [0.29, 0.717) is 80.2 Å². The Balaban J connectivity index is 0.000000175. The van der Waals surface area contributed by atoms with Gasteiger partial charge in [0.05, 0.1) is 57.1 Å². The van der Waals surface area contributed by atoms with E-state index in [4.69, 9.17) is 18.8 Å². The van der Waals surface area contributed by atoms with Crippen molar-refractivity contribution in [3.63, 3.8) is 0 Å². The molecular weight excluding hydrogens is 1110 g/mol. The minimum atomic E-state index is -3.62. The Morgan fingerprint density at radius 2 is 0.940 bits per heavy atom. The summed E-state index contributed by atoms with van der Waals surface area (Å²) in [6.07, 6.45) is 5.74. The number of aromatic nitrogens is 4. The Hall–Kier alpha value is -8.76. The number of anilines is 4. The van der Waals surface area contributed by atoms with E-state index in [2.05, 4.69) is 29.6 Å². The third-order valence-electron chi connectivity index (χ3n) is 16.3. The predicted octanol–water partition coefficient (Wildman–Crippen LogP) is 10.5. The summed E-state index contributed by atoms with van der Waals surface area (Å²) in [5, 5.41) is 6.51. The summed E-state index contributed by atoms with van der Waals surface area (Å²) in [5.41, 5.74) is 8.93. The molecule has 2 aliphatic heterocycles. The second kappa shape index (κ2) is 22.4. The first-order chi connectivity index (χ1) is 40.1. The summed E-state index contributed by atoms with van der Waals surface area (Å²) in [6, 6.07) is 34.6. The molecule has 84 heavy (non-hydrogen) atoms. The molecule has 2 saturated heterocycles. The van der Waals surface area contributed by atoms with Crippen molar-refractivity contribution < 1.29 is 44.0 Å². The highest BCUT2D eigenvalue weighted by Crippen LogP contribution is 2.45. The molecule has 12 rings (SSSR count). The average Bonchev–Trinajstić information content (AvgIpc) is 3.40. The number of furan rings is 2. The van der Waals surface area contributed by atoms with Crippen LogP contribution < -0.4 is 29.0 Å². The van der Waals surface area contributed by atoms with Crippen LogP contribution in [0.4, 0.5) is 32.1 Å². The number of sulfonamides is 2. The van der Waals surface area contributed by atoms with Crippen molar-refractivity contribution in [2.45, 2.75) is 37.5 Å². The molecule has 0 spiro atoms. The zero-order chi connectivity index (χ0) is 59.5. The van der Waals surface area contributed by atoms with Crippen LogP contribution in [0.5, 0.6) is 0 Å². The van der Waals surface area contributed by atoms with Crippen molar-refractivity contribution in [2.24, 2.45) is 14.1 Å². The van der Waals surface area contributed by atoms with Gasteiger partial charge in [0.25, 0.3) is 11.8 Å². The van der Waals surface area contributed by atoms with E-state index in [1.165, 1.54) is 61.1 Å². The van der Waals surface area contributed by atoms with Gasteiger partial charge in [-0.1, -0.05) is 24.3 Å². The lowest BCUT2D eigenvalue weighted by Crippen LogP contribution is -2.37. The maximum absolute atomic E-state index is 13.7. The Bertz CT molecular complexity index is 4140. The molecule has 2 fully saturated rings. The molecule has 4 aromatic heterocycles. The van der Waals surface area contributed by atoms with Gasteiger partial charge < -0.3 is 38.4 Å². The zero-order valence-electron chi connectivity index (χ0n) is 47.8. The zero-order valence-corrected chi connectivity index (χ0v) is 49.4. The van der Waals surface area contributed by atoms with E-state index in [-0.39, 0.29) is 23.7 Å². The van der Waals surface area contributed by atoms with Crippen LogP contribution in [0.15, 0.2) is 130 Å². The van der Waals surface area contributed by atoms with E-state index in [0.717, 1.165) is 96.4 Å². The normalized spacial score (nSPS) is 15.8. The number of fused-ring (bicyclic) bond motifs is 4. The van der Waals surface area contributed by atoms with Crippen molar-refractivity contribution >= 4 is 99.1 Å². The minimum absolute atomic E-state index is 0.0520. The van der Waals surface area contributed by atoms with Gasteiger partial charge in [0.15, 0.2) is 0 Å². The maximum atomic E-state index is 13.7. The number of aryl methyl sites for hydroxylation is 2. The molecule has 436 valence electrons. The number of nitrogens with zero attached hydrogens (tertiary/aromatic N) is 8. The first kappa shape index (κ1) is 57.1. The first-order valence-electron chi connectivity index (χ1n) is 27.5. The molecule has 18 nitrogen and oxygen atoms in total. The fraction of sp³-hybridized carbons (Fsp3) is 0.290. The number of nitrogens with one attached hydrogen (secondary N) is 2. The van der Waals surface area contributed by atoms with E-state index in [1.54, 1.807) is 36.4 Å². The summed E-state index contributed by atoms with van der Waals surface area (Å²) in [5.74, 6) is 0.672. The number of carbonyl (C=O) groups excluding carboxylic acids is 2. The smallest absolute Gasteiger partial charge is 0.255 e. The lowest BCUT2D eigenvalue weighted by Gasteiger charge is -2.35. The molecule has 10 aromatic rings. The highest BCUT2D eigenvalue weighted by atomic mass is 32.2. The third-order valence-corrected chi connectivity index (χ3v) is 18.7. The molecule has 2 unspecified atom stereocenters. The highest BCUT2D eigenvalue weighted by molar-refractivity contribution is 7.92. The molecule has 6 heterocycles. The molecule has 0 bridgehead atoms. The Kier molecular flexibility index (Phi) is 15.2. The van der Waals surface area contributed by atoms with Crippen molar-refractivity contribution in [1.29, 1.82) is 0 Å². The fourth-order valence-corrected chi connectivity index (χ4v) is 12.9. The number of piperidine rings is 2. The summed E-state index contributed by atoms with van der Waals surface area (Å²) < 4.78 is 97.6. The molecule has 2 atom stereocenters. The summed E-state index contributed by atoms with van der Waals surface area (Å²) in [7, 11) is 2.90. The van der Waals surface area contributed by atoms with Gasteiger partial charge in [-0.15, -0.1) is 0 Å². The topological polar surface area (TPSA) is 201 Å². The van der Waals surface area contributed by atoms with Crippen LogP contribution in [0.25, 0.3) is 66.7 Å². The first-order valence-corrected chi connectivity index (χ1v) is 31.2. The van der Waals surface area contributed by atoms with Gasteiger partial charge in [-0.05, 0) is 122 Å². The van der Waals surface area contributed by atoms with E-state index < -0.39 is 31.7 Å². The Morgan fingerprint density at radius 3 is 1.29 bits per heavy atom. The number of benzene rings is 6. The SMILES string of the molecule is CNC(=O)c1c(-c2ccc(F)cc2)oc2cc(N(C)S(C)(=O)=O)c(C3CCCN(c4nc5ccccc5n4C)C3)cc12.CNC(=O)c1c(-c2ccc(F)cc2)oc2cc(N(C)S(C)(=O)=O)c(C3CCCN(c4nc5ccccc5n4C)C3)cc12. The standard InChI is InChI=1S/2C31H32FN5O4S/c2*1-33-30(38)28-23-16-22(20-8-7-15-37(18-20)31-34-24-9-5-6-10-25(24)35(31)2)26(36(3)42(4,39)40)17-27(23)41-29(28)19-11-13-21(32)14-12-19/h2*5-6,9-14,16-17,20H,7-8,15,18H2,1-4H3,(H,33,38). The fourth-order valence-electron chi connectivity index (χ4n) is 11.8. The summed E-state index contributed by atoms with van der Waals surface area (Å²) in [4.78, 5) is 40.7. The van der Waals surface area contributed by atoms with Crippen LogP contribution in [0.2, 0.25) is 0 Å². The van der Waals surface area contributed by atoms with Crippen molar-refractivity contribution in [3.8, 4) is 22.6 Å². The van der Waals surface area contributed by atoms with Gasteiger partial charge in [0, 0.05) is 114 Å². The van der Waals surface area contributed by atoms with Gasteiger partial charge in [-0.2, -0.15) is 0 Å². The summed E-state index contributed by atoms with van der Waals surface area (Å²) in [6.45, 7) is 2.87. The van der Waals surface area contributed by atoms with E-state index >= 15 is 0 Å². The molecule has 2 N–H and O–H groups in total. The van der Waals surface area contributed by atoms with Crippen LogP contribution in [-0.2, 0) is 34.1 Å². The molecule has 0 saturated carbocycles. The van der Waals surface area contributed by atoms with E-state index in [9.17, 15) is 35.2 Å². The van der Waals surface area contributed by atoms with Crippen LogP contribution in [0, 0.1) is 11.6 Å². The van der Waals surface area contributed by atoms with Crippen molar-refractivity contribution in [1.82, 2.24) is 29.7 Å². The molecule has 2 amide bonds. The number of rotatable bonds is 12. The molecule has 2 aliphatic rings. The number of carbonyl (C=O) groups is 2. The average molecular weight is 1180 g/mol. The number of hydrogen-bond acceptors (Lipinski definition) is 12. The lowest BCUT2D eigenvalue weighted by molar-refractivity contribution is 0.0956. The second-order valence-electron chi connectivity index (χ2n) is 21.5. The molecule has 6 aromatic carbocycles. The second-order valence-corrected chi connectivity index (χ2v) is 25.6. The quantitative estimate of drug-likeness (QED) is 0.117. The van der Waals surface area contributed by atoms with E-state index in [1.807, 2.05) is 74.8 Å². The highest BCUT2D eigenvalue weighted by Gasteiger charge is 2.34. The van der Waals surface area contributed by atoms with Gasteiger partial charge in [0.1, 0.15) is 34.3 Å². The maximum Gasteiger partial charge on any atom is 0.255 e. The van der Waals surface area contributed by atoms with Crippen LogP contribution >= 0.6 is 0 Å². The minimum Gasteiger partial charge on any atom is -0.455 e. The predicted molar refractivity (Wildman–Crippen MR) is 326 cm³/mol. The largest absolute Gasteiger partial charge is 0.455 e. The third kappa shape index (κ3) is 10.7. The number of imidazole rings is 2. The Morgan fingerprint density at radius 1 is 0.571 bits per heavy atom. The lowest BCUT2D eigenvalue weighted by atomic mass is 9.88. The van der Waals surface area contributed by atoms with Crippen LogP contribution in [0.1, 0.15) is 69.4 Å². The Labute approximate surface area is 485 Å². The number of hydrogen-bond donors (Lipinski definition) is 2. The molecule has 22 heteroatoms. The van der Waals surface area contributed by atoms with Gasteiger partial charge in [0.2, 0.25) is 31.9 Å². The molecule has 0 radical (unpaired) electrons. The number of halogens is 2. The van der Waals surface area contributed by atoms with Gasteiger partial charge >= 0.3 is 0 Å². The molecule has 0 aliphatic carbocycles. The monoisotopic (exact) mass is 1180 g/mol. The van der Waals surface area contributed by atoms with Gasteiger partial charge in [-0.3, -0.25) is 18.2 Å². The van der Waals surface area contributed by atoms with Crippen LogP contribution in [0.3, 0.4) is 0 Å². The summed E-state index contributed by atoms with van der Waals surface area (Å²) >= 11 is 0.